The van der Waals surface area contributed by atoms with Crippen LogP contribution in [0.5, 0.6) is 0 Å². The van der Waals surface area contributed by atoms with Crippen LogP contribution < -0.4 is 5.73 Å². The van der Waals surface area contributed by atoms with E-state index in [1.165, 1.54) is 0 Å². The fraction of sp³-hybridized carbons (Fsp3) is 0.917. The van der Waals surface area contributed by atoms with Crippen molar-refractivity contribution in [1.82, 2.24) is 4.90 Å². The molecule has 1 aliphatic rings. The van der Waals surface area contributed by atoms with E-state index in [0.29, 0.717) is 12.5 Å². The minimum Gasteiger partial charge on any atom is -0.444 e. The van der Waals surface area contributed by atoms with E-state index in [2.05, 4.69) is 6.92 Å². The van der Waals surface area contributed by atoms with Gasteiger partial charge in [0, 0.05) is 19.1 Å². The first kappa shape index (κ1) is 13.3. The van der Waals surface area contributed by atoms with E-state index >= 15 is 0 Å². The molecule has 0 aromatic heterocycles. The molecule has 1 fully saturated rings. The van der Waals surface area contributed by atoms with E-state index in [1.54, 1.807) is 4.90 Å². The van der Waals surface area contributed by atoms with Crippen molar-refractivity contribution in [1.29, 1.82) is 0 Å². The fourth-order valence-electron chi connectivity index (χ4n) is 2.03. The number of piperidine rings is 1. The van der Waals surface area contributed by atoms with E-state index in [9.17, 15) is 4.79 Å². The minimum atomic E-state index is -0.428. The summed E-state index contributed by atoms with van der Waals surface area (Å²) in [4.78, 5) is 13.5. The highest BCUT2D eigenvalue weighted by Gasteiger charge is 2.30. The van der Waals surface area contributed by atoms with Gasteiger partial charge in [-0.25, -0.2) is 4.79 Å². The van der Waals surface area contributed by atoms with Gasteiger partial charge in [0.25, 0.3) is 0 Å². The van der Waals surface area contributed by atoms with Gasteiger partial charge in [-0.15, -0.1) is 0 Å². The molecule has 0 radical (unpaired) electrons. The molecular weight excluding hydrogens is 204 g/mol. The van der Waals surface area contributed by atoms with Gasteiger partial charge in [0.15, 0.2) is 0 Å². The molecule has 0 saturated carbocycles. The number of carbonyl (C=O) groups is 1. The second-order valence-electron chi connectivity index (χ2n) is 5.55. The number of hydrogen-bond acceptors (Lipinski definition) is 3. The number of hydrogen-bond donors (Lipinski definition) is 1. The molecule has 1 heterocycles. The molecule has 16 heavy (non-hydrogen) atoms. The van der Waals surface area contributed by atoms with Gasteiger partial charge in [-0.05, 0) is 33.1 Å². The number of carbonyl (C=O) groups excluding carboxylic acids is 1. The van der Waals surface area contributed by atoms with Crippen LogP contribution in [0.1, 0.15) is 40.5 Å². The molecular formula is C12H24N2O2. The molecule has 2 N–H and O–H groups in total. The van der Waals surface area contributed by atoms with Crippen molar-refractivity contribution in [2.24, 2.45) is 11.7 Å². The first-order chi connectivity index (χ1) is 7.33. The molecule has 0 aromatic carbocycles. The molecule has 0 aromatic rings. The highest BCUT2D eigenvalue weighted by Crippen LogP contribution is 2.21. The van der Waals surface area contributed by atoms with Crippen LogP contribution in [0.3, 0.4) is 0 Å². The summed E-state index contributed by atoms with van der Waals surface area (Å²) in [6.45, 7) is 9.17. The zero-order valence-electron chi connectivity index (χ0n) is 10.8. The van der Waals surface area contributed by atoms with E-state index in [-0.39, 0.29) is 12.1 Å². The lowest BCUT2D eigenvalue weighted by Gasteiger charge is -2.37. The van der Waals surface area contributed by atoms with Crippen molar-refractivity contribution in [3.8, 4) is 0 Å². The maximum atomic E-state index is 11.8. The SMILES string of the molecule is CC[C@@H]1CCN(C(=O)OC(C)(C)C)C[C@@H]1N. The first-order valence-electron chi connectivity index (χ1n) is 6.07. The molecule has 4 nitrogen and oxygen atoms in total. The molecule has 4 heteroatoms. The van der Waals surface area contributed by atoms with Crippen LogP contribution in [0, 0.1) is 5.92 Å². The third kappa shape index (κ3) is 3.67. The Morgan fingerprint density at radius 2 is 2.12 bits per heavy atom. The highest BCUT2D eigenvalue weighted by molar-refractivity contribution is 5.68. The Kier molecular flexibility index (Phi) is 4.19. The zero-order chi connectivity index (χ0) is 12.3. The van der Waals surface area contributed by atoms with Crippen molar-refractivity contribution >= 4 is 6.09 Å². The van der Waals surface area contributed by atoms with Gasteiger partial charge in [0.2, 0.25) is 0 Å². The largest absolute Gasteiger partial charge is 0.444 e. The Bertz CT molecular complexity index is 248. The van der Waals surface area contributed by atoms with Crippen LogP contribution in [-0.2, 0) is 4.74 Å². The third-order valence-corrected chi connectivity index (χ3v) is 2.98. The van der Waals surface area contributed by atoms with E-state index < -0.39 is 5.60 Å². The molecule has 1 aliphatic heterocycles. The van der Waals surface area contributed by atoms with Crippen molar-refractivity contribution < 1.29 is 9.53 Å². The standard InChI is InChI=1S/C12H24N2O2/c1-5-9-6-7-14(8-10(9)13)11(15)16-12(2,3)4/h9-10H,5-8,13H2,1-4H3/t9-,10+/m1/s1. The monoisotopic (exact) mass is 228 g/mol. The molecule has 0 bridgehead atoms. The van der Waals surface area contributed by atoms with Crippen molar-refractivity contribution in [2.75, 3.05) is 13.1 Å². The average Bonchev–Trinajstić information content (AvgIpc) is 2.15. The van der Waals surface area contributed by atoms with E-state index in [1.807, 2.05) is 20.8 Å². The van der Waals surface area contributed by atoms with Gasteiger partial charge >= 0.3 is 6.09 Å². The number of ether oxygens (including phenoxy) is 1. The lowest BCUT2D eigenvalue weighted by atomic mass is 9.90. The topological polar surface area (TPSA) is 55.6 Å². The maximum absolute atomic E-state index is 11.8. The lowest BCUT2D eigenvalue weighted by molar-refractivity contribution is 0.0158. The first-order valence-corrected chi connectivity index (χ1v) is 6.07. The quantitative estimate of drug-likeness (QED) is 0.746. The Balaban J connectivity index is 2.48. The number of nitrogens with zero attached hydrogens (tertiary/aromatic N) is 1. The van der Waals surface area contributed by atoms with Crippen LogP contribution in [0.4, 0.5) is 4.79 Å². The van der Waals surface area contributed by atoms with Gasteiger partial charge in [-0.3, -0.25) is 0 Å². The summed E-state index contributed by atoms with van der Waals surface area (Å²) >= 11 is 0. The summed E-state index contributed by atoms with van der Waals surface area (Å²) < 4.78 is 5.33. The molecule has 0 aliphatic carbocycles. The van der Waals surface area contributed by atoms with Gasteiger partial charge in [0.1, 0.15) is 5.60 Å². The number of amides is 1. The molecule has 1 amide bonds. The summed E-state index contributed by atoms with van der Waals surface area (Å²) in [6, 6.07) is 0.0891. The summed E-state index contributed by atoms with van der Waals surface area (Å²) in [7, 11) is 0. The Hall–Kier alpha value is -0.770. The van der Waals surface area contributed by atoms with Crippen LogP contribution in [0.2, 0.25) is 0 Å². The second kappa shape index (κ2) is 5.04. The van der Waals surface area contributed by atoms with Gasteiger partial charge in [-0.2, -0.15) is 0 Å². The molecule has 0 unspecified atom stereocenters. The van der Waals surface area contributed by atoms with Crippen molar-refractivity contribution in [3.63, 3.8) is 0 Å². The highest BCUT2D eigenvalue weighted by atomic mass is 16.6. The summed E-state index contributed by atoms with van der Waals surface area (Å²) in [6.07, 6.45) is 1.83. The number of nitrogens with two attached hydrogens (primary N) is 1. The Morgan fingerprint density at radius 1 is 1.50 bits per heavy atom. The normalized spacial score (nSPS) is 26.7. The molecule has 2 atom stereocenters. The molecule has 1 saturated heterocycles. The lowest BCUT2D eigenvalue weighted by Crippen LogP contribution is -2.51. The van der Waals surface area contributed by atoms with Crippen molar-refractivity contribution in [2.45, 2.75) is 52.2 Å². The van der Waals surface area contributed by atoms with Crippen LogP contribution in [0.15, 0.2) is 0 Å². The number of likely N-dealkylation sites (tertiary alicyclic amines) is 1. The third-order valence-electron chi connectivity index (χ3n) is 2.98. The van der Waals surface area contributed by atoms with Crippen LogP contribution in [-0.4, -0.2) is 35.7 Å². The summed E-state index contributed by atoms with van der Waals surface area (Å²) in [5.41, 5.74) is 5.60. The van der Waals surface area contributed by atoms with Crippen LogP contribution in [0.25, 0.3) is 0 Å². The van der Waals surface area contributed by atoms with Crippen LogP contribution >= 0.6 is 0 Å². The smallest absolute Gasteiger partial charge is 0.410 e. The molecule has 0 spiro atoms. The van der Waals surface area contributed by atoms with E-state index in [0.717, 1.165) is 19.4 Å². The Morgan fingerprint density at radius 3 is 2.56 bits per heavy atom. The molecule has 94 valence electrons. The van der Waals surface area contributed by atoms with Gasteiger partial charge in [0.05, 0.1) is 0 Å². The second-order valence-corrected chi connectivity index (χ2v) is 5.55. The molecule has 1 rings (SSSR count). The predicted molar refractivity (Wildman–Crippen MR) is 64.2 cm³/mol. The zero-order valence-corrected chi connectivity index (χ0v) is 10.8. The predicted octanol–water partition coefficient (Wildman–Crippen LogP) is 1.98. The fourth-order valence-corrected chi connectivity index (χ4v) is 2.03. The average molecular weight is 228 g/mol. The minimum absolute atomic E-state index is 0.0891. The summed E-state index contributed by atoms with van der Waals surface area (Å²) in [5.74, 6) is 0.540. The number of rotatable bonds is 1. The maximum Gasteiger partial charge on any atom is 0.410 e. The van der Waals surface area contributed by atoms with Crippen molar-refractivity contribution in [3.05, 3.63) is 0 Å². The Labute approximate surface area is 98.1 Å². The van der Waals surface area contributed by atoms with Gasteiger partial charge in [-0.1, -0.05) is 13.3 Å². The summed E-state index contributed by atoms with van der Waals surface area (Å²) in [5, 5.41) is 0. The van der Waals surface area contributed by atoms with E-state index in [4.69, 9.17) is 10.5 Å². The van der Waals surface area contributed by atoms with Gasteiger partial charge < -0.3 is 15.4 Å².